The first-order chi connectivity index (χ1) is 13.0. The molecule has 0 aromatic rings. The van der Waals surface area contributed by atoms with E-state index in [4.69, 9.17) is 4.74 Å². The summed E-state index contributed by atoms with van der Waals surface area (Å²) < 4.78 is 6.47. The van der Waals surface area contributed by atoms with Crippen LogP contribution >= 0.6 is 11.8 Å². The van der Waals surface area contributed by atoms with E-state index < -0.39 is 0 Å². The highest BCUT2D eigenvalue weighted by atomic mass is 32.2. The quantitative estimate of drug-likeness (QED) is 0.785. The summed E-state index contributed by atoms with van der Waals surface area (Å²) >= 11 is 2.05. The number of nitrogens with zero attached hydrogens (tertiary/aromatic N) is 1. The number of hydrogen-bond donors (Lipinski definition) is 1. The van der Waals surface area contributed by atoms with E-state index in [0.717, 1.165) is 31.8 Å². The molecule has 8 unspecified atom stereocenters. The molecule has 4 rings (SSSR count). The summed E-state index contributed by atoms with van der Waals surface area (Å²) in [6.45, 7) is 8.92. The zero-order chi connectivity index (χ0) is 19.0. The first kappa shape index (κ1) is 20.0. The van der Waals surface area contributed by atoms with Crippen molar-refractivity contribution >= 4 is 17.7 Å². The molecule has 8 atom stereocenters. The molecule has 1 N–H and O–H groups in total. The van der Waals surface area contributed by atoms with Crippen molar-refractivity contribution in [2.75, 3.05) is 18.8 Å². The van der Waals surface area contributed by atoms with E-state index in [1.54, 1.807) is 0 Å². The van der Waals surface area contributed by atoms with Crippen molar-refractivity contribution in [2.24, 2.45) is 23.7 Å². The maximum absolute atomic E-state index is 13.7. The molecule has 4 fully saturated rings. The van der Waals surface area contributed by atoms with Crippen LogP contribution in [-0.2, 0) is 9.53 Å². The largest absolute Gasteiger partial charge is 0.365 e. The van der Waals surface area contributed by atoms with Crippen molar-refractivity contribution in [1.29, 1.82) is 0 Å². The van der Waals surface area contributed by atoms with E-state index in [9.17, 15) is 4.79 Å². The highest BCUT2D eigenvalue weighted by Crippen LogP contribution is 2.46. The van der Waals surface area contributed by atoms with Gasteiger partial charge in [0, 0.05) is 11.8 Å². The van der Waals surface area contributed by atoms with Crippen LogP contribution in [0.1, 0.15) is 65.7 Å². The van der Waals surface area contributed by atoms with E-state index in [1.165, 1.54) is 37.9 Å². The summed E-state index contributed by atoms with van der Waals surface area (Å²) in [4.78, 5) is 15.9. The van der Waals surface area contributed by atoms with Crippen molar-refractivity contribution in [3.05, 3.63) is 0 Å². The third-order valence-corrected chi connectivity index (χ3v) is 9.16. The lowest BCUT2D eigenvalue weighted by molar-refractivity contribution is -0.148. The number of ether oxygens (including phenoxy) is 1. The molecule has 3 heterocycles. The van der Waals surface area contributed by atoms with E-state index in [2.05, 4.69) is 42.7 Å². The van der Waals surface area contributed by atoms with Gasteiger partial charge in [0.2, 0.25) is 0 Å². The lowest BCUT2D eigenvalue weighted by Gasteiger charge is -2.38. The Morgan fingerprint density at radius 1 is 1.11 bits per heavy atom. The van der Waals surface area contributed by atoms with Gasteiger partial charge in [0.1, 0.15) is 6.10 Å². The molecule has 27 heavy (non-hydrogen) atoms. The maximum atomic E-state index is 13.7. The fourth-order valence-electron chi connectivity index (χ4n) is 5.76. The molecule has 0 radical (unpaired) electrons. The zero-order valence-corrected chi connectivity index (χ0v) is 18.2. The number of hydrogen-bond acceptors (Lipinski definition) is 4. The standard InChI is InChI=1S/C22H38N2O2S/c1-14-11-18-16(3)21(26-19(18)12-15(14)2)22(25)24(13-17-7-6-10-27-17)20-8-4-5-9-23-20/h14-21,23H,4-13H2,1-3H3. The molecule has 1 aliphatic carbocycles. The van der Waals surface area contributed by atoms with Crippen molar-refractivity contribution in [3.8, 4) is 0 Å². The molecule has 0 bridgehead atoms. The smallest absolute Gasteiger partial charge is 0.253 e. The van der Waals surface area contributed by atoms with Gasteiger partial charge >= 0.3 is 0 Å². The molecule has 1 amide bonds. The van der Waals surface area contributed by atoms with Gasteiger partial charge in [0.15, 0.2) is 0 Å². The highest BCUT2D eigenvalue weighted by Gasteiger charge is 2.50. The molecule has 4 nitrogen and oxygen atoms in total. The van der Waals surface area contributed by atoms with E-state index in [1.807, 2.05) is 0 Å². The van der Waals surface area contributed by atoms with Crippen LogP contribution < -0.4 is 5.32 Å². The fourth-order valence-corrected chi connectivity index (χ4v) is 7.02. The number of amides is 1. The van der Waals surface area contributed by atoms with Crippen LogP contribution in [0.4, 0.5) is 0 Å². The number of nitrogens with one attached hydrogen (secondary N) is 1. The number of thioether (sulfide) groups is 1. The van der Waals surface area contributed by atoms with Crippen LogP contribution in [0.3, 0.4) is 0 Å². The fraction of sp³-hybridized carbons (Fsp3) is 0.955. The predicted molar refractivity (Wildman–Crippen MR) is 112 cm³/mol. The average molecular weight is 395 g/mol. The normalized spacial score (nSPS) is 44.9. The molecule has 154 valence electrons. The Bertz CT molecular complexity index is 518. The van der Waals surface area contributed by atoms with Crippen LogP contribution in [0.25, 0.3) is 0 Å². The molecular formula is C22H38N2O2S. The topological polar surface area (TPSA) is 41.6 Å². The maximum Gasteiger partial charge on any atom is 0.253 e. The van der Waals surface area contributed by atoms with Crippen LogP contribution in [-0.4, -0.2) is 53.3 Å². The Kier molecular flexibility index (Phi) is 6.40. The number of carbonyl (C=O) groups is 1. The van der Waals surface area contributed by atoms with Crippen LogP contribution in [0.5, 0.6) is 0 Å². The summed E-state index contributed by atoms with van der Waals surface area (Å²) in [6.07, 6.45) is 8.71. The molecule has 3 aliphatic heterocycles. The molecule has 4 aliphatic rings. The number of rotatable bonds is 4. The van der Waals surface area contributed by atoms with Gasteiger partial charge < -0.3 is 9.64 Å². The molecule has 0 spiro atoms. The van der Waals surface area contributed by atoms with Gasteiger partial charge in [-0.05, 0) is 80.9 Å². The van der Waals surface area contributed by atoms with Crippen molar-refractivity contribution in [2.45, 2.75) is 89.3 Å². The van der Waals surface area contributed by atoms with Gasteiger partial charge in [0.25, 0.3) is 5.91 Å². The minimum atomic E-state index is -0.229. The summed E-state index contributed by atoms with van der Waals surface area (Å²) in [6, 6.07) is 0. The molecule has 5 heteroatoms. The molecule has 0 aromatic heterocycles. The first-order valence-electron chi connectivity index (χ1n) is 11.4. The summed E-state index contributed by atoms with van der Waals surface area (Å²) in [5, 5.41) is 4.24. The minimum Gasteiger partial charge on any atom is -0.365 e. The van der Waals surface area contributed by atoms with Crippen molar-refractivity contribution < 1.29 is 9.53 Å². The molecular weight excluding hydrogens is 356 g/mol. The highest BCUT2D eigenvalue weighted by molar-refractivity contribution is 8.00. The van der Waals surface area contributed by atoms with Crippen molar-refractivity contribution in [3.63, 3.8) is 0 Å². The lowest BCUT2D eigenvalue weighted by atomic mass is 9.70. The van der Waals surface area contributed by atoms with Gasteiger partial charge in [0.05, 0.1) is 12.3 Å². The van der Waals surface area contributed by atoms with E-state index in [-0.39, 0.29) is 18.2 Å². The SMILES string of the molecule is CC1CC2OC(C(=O)N(CC3CCCS3)C3CCCCN3)C(C)C2CC1C. The molecule has 0 aromatic carbocycles. The van der Waals surface area contributed by atoms with E-state index in [0.29, 0.717) is 29.1 Å². The number of piperidine rings is 1. The van der Waals surface area contributed by atoms with Gasteiger partial charge in [-0.2, -0.15) is 11.8 Å². The predicted octanol–water partition coefficient (Wildman–Crippen LogP) is 3.90. The van der Waals surface area contributed by atoms with E-state index >= 15 is 0 Å². The second-order valence-electron chi connectivity index (χ2n) is 9.64. The Morgan fingerprint density at radius 3 is 2.63 bits per heavy atom. The van der Waals surface area contributed by atoms with Gasteiger partial charge in [-0.15, -0.1) is 0 Å². The van der Waals surface area contributed by atoms with Crippen LogP contribution in [0.2, 0.25) is 0 Å². The third kappa shape index (κ3) is 4.20. The summed E-state index contributed by atoms with van der Waals surface area (Å²) in [5.74, 6) is 3.88. The summed E-state index contributed by atoms with van der Waals surface area (Å²) in [5.41, 5.74) is 0. The molecule has 3 saturated heterocycles. The Balaban J connectivity index is 1.48. The number of fused-ring (bicyclic) bond motifs is 1. The number of carbonyl (C=O) groups excluding carboxylic acids is 1. The molecule has 1 saturated carbocycles. The monoisotopic (exact) mass is 394 g/mol. The lowest BCUT2D eigenvalue weighted by Crippen LogP contribution is -2.56. The van der Waals surface area contributed by atoms with Gasteiger partial charge in [-0.25, -0.2) is 0 Å². The second-order valence-corrected chi connectivity index (χ2v) is 11.0. The zero-order valence-electron chi connectivity index (χ0n) is 17.4. The third-order valence-electron chi connectivity index (χ3n) is 7.78. The summed E-state index contributed by atoms with van der Waals surface area (Å²) in [7, 11) is 0. The van der Waals surface area contributed by atoms with Gasteiger partial charge in [-0.3, -0.25) is 10.1 Å². The Labute approximate surface area is 169 Å². The second kappa shape index (κ2) is 8.62. The van der Waals surface area contributed by atoms with Gasteiger partial charge in [-0.1, -0.05) is 20.8 Å². The Morgan fingerprint density at radius 2 is 1.93 bits per heavy atom. The first-order valence-corrected chi connectivity index (χ1v) is 12.4. The van der Waals surface area contributed by atoms with Crippen LogP contribution in [0.15, 0.2) is 0 Å². The average Bonchev–Trinajstić information content (AvgIpc) is 3.29. The van der Waals surface area contributed by atoms with Crippen molar-refractivity contribution in [1.82, 2.24) is 10.2 Å². The minimum absolute atomic E-state index is 0.212. The Hall–Kier alpha value is -0.260. The van der Waals surface area contributed by atoms with Crippen LogP contribution in [0, 0.1) is 23.7 Å².